The van der Waals surface area contributed by atoms with E-state index in [1.165, 1.54) is 70.7 Å². The highest BCUT2D eigenvalue weighted by molar-refractivity contribution is 8.33. The van der Waals surface area contributed by atoms with Gasteiger partial charge in [-0.2, -0.15) is 10.0 Å². The number of hydrogen-bond acceptors (Lipinski definition) is 1. The molecule has 0 radical (unpaired) electrons. The summed E-state index contributed by atoms with van der Waals surface area (Å²) in [5.41, 5.74) is 14.6. The van der Waals surface area contributed by atoms with Crippen LogP contribution in [0.3, 0.4) is 0 Å². The first-order valence-electron chi connectivity index (χ1n) is 18.2. The average Bonchev–Trinajstić information content (AvgIpc) is 3.67. The molecule has 0 spiro atoms. The van der Waals surface area contributed by atoms with Crippen molar-refractivity contribution >= 4 is 48.9 Å². The molecule has 10 rings (SSSR count). The molecule has 1 aromatic heterocycles. The number of benzene rings is 8. The highest BCUT2D eigenvalue weighted by atomic mass is 32.3. The molecule has 0 saturated carbocycles. The Bertz CT molecular complexity index is 2780. The molecule has 0 aliphatic carbocycles. The molecule has 0 saturated heterocycles. The lowest BCUT2D eigenvalue weighted by molar-refractivity contribution is 1.18. The van der Waals surface area contributed by atoms with Crippen LogP contribution in [0, 0.1) is 0 Å². The van der Waals surface area contributed by atoms with Gasteiger partial charge in [-0.05, 0) is 125 Å². The topological polar surface area (TPSA) is 8.17 Å². The number of fused-ring (bicyclic) bond motifs is 6. The first-order chi connectivity index (χ1) is 26.0. The van der Waals surface area contributed by atoms with Gasteiger partial charge in [-0.25, -0.2) is 0 Å². The first-order valence-corrected chi connectivity index (χ1v) is 20.6. The lowest BCUT2D eigenvalue weighted by Crippen LogP contribution is -2.10. The van der Waals surface area contributed by atoms with Gasteiger partial charge < -0.3 is 9.47 Å². The van der Waals surface area contributed by atoms with Gasteiger partial charge in [-0.1, -0.05) is 115 Å². The zero-order valence-corrected chi connectivity index (χ0v) is 30.6. The van der Waals surface area contributed by atoms with Gasteiger partial charge >= 0.3 is 0 Å². The van der Waals surface area contributed by atoms with Gasteiger partial charge in [0.05, 0.1) is 11.0 Å². The second-order valence-corrected chi connectivity index (χ2v) is 17.8. The monoisotopic (exact) mass is 698 g/mol. The summed E-state index contributed by atoms with van der Waals surface area (Å²) in [5, 5.41) is 2.52. The van der Waals surface area contributed by atoms with Crippen LogP contribution < -0.4 is 4.90 Å². The fourth-order valence-corrected chi connectivity index (χ4v) is 10.8. The zero-order chi connectivity index (χ0) is 35.5. The standard InChI is InChI=1S/C50H38N2S/c1-53(2)49-20-12-10-18-44(49)46-34-42(30-32-50(46)53)51(40-26-21-36(22-27-40)35-13-5-3-6-14-35)41-28-23-37(24-29-41)38-25-31-48-45(33-38)43-17-9-11-19-47(43)52(48)39-15-7-4-8-16-39/h3-34H,1-2H3. The third kappa shape index (κ3) is 5.19. The molecule has 0 unspecified atom stereocenters. The molecule has 8 aromatic carbocycles. The van der Waals surface area contributed by atoms with E-state index in [1.54, 1.807) is 0 Å². The minimum absolute atomic E-state index is 1.07. The highest BCUT2D eigenvalue weighted by Crippen LogP contribution is 2.67. The molecule has 2 heterocycles. The molecule has 1 aliphatic heterocycles. The predicted octanol–water partition coefficient (Wildman–Crippen LogP) is 14.1. The minimum atomic E-state index is -1.07. The largest absolute Gasteiger partial charge is 0.310 e. The third-order valence-electron chi connectivity index (χ3n) is 10.9. The van der Waals surface area contributed by atoms with Gasteiger partial charge in [-0.15, -0.1) is 0 Å². The second kappa shape index (κ2) is 12.4. The summed E-state index contributed by atoms with van der Waals surface area (Å²) in [5.74, 6) is 0. The summed E-state index contributed by atoms with van der Waals surface area (Å²) in [6.45, 7) is 0. The Morgan fingerprint density at radius 1 is 0.377 bits per heavy atom. The van der Waals surface area contributed by atoms with E-state index in [4.69, 9.17) is 0 Å². The Morgan fingerprint density at radius 2 is 0.906 bits per heavy atom. The van der Waals surface area contributed by atoms with Gasteiger partial charge in [0.25, 0.3) is 0 Å². The van der Waals surface area contributed by atoms with E-state index < -0.39 is 10.0 Å². The summed E-state index contributed by atoms with van der Waals surface area (Å²) < 4.78 is 2.37. The molecule has 0 atom stereocenters. The van der Waals surface area contributed by atoms with Crippen molar-refractivity contribution in [2.75, 3.05) is 17.4 Å². The van der Waals surface area contributed by atoms with E-state index >= 15 is 0 Å². The Kier molecular flexibility index (Phi) is 7.38. The van der Waals surface area contributed by atoms with Crippen molar-refractivity contribution in [3.8, 4) is 39.1 Å². The molecule has 0 bridgehead atoms. The first kappa shape index (κ1) is 31.4. The fraction of sp³-hybridized carbons (Fsp3) is 0.0400. The van der Waals surface area contributed by atoms with E-state index in [9.17, 15) is 0 Å². The van der Waals surface area contributed by atoms with Gasteiger partial charge in [-0.3, -0.25) is 0 Å². The summed E-state index contributed by atoms with van der Waals surface area (Å²) >= 11 is 0. The molecular formula is C50H38N2S. The number of aromatic nitrogens is 1. The van der Waals surface area contributed by atoms with Crippen LogP contribution in [0.5, 0.6) is 0 Å². The van der Waals surface area contributed by atoms with Crippen molar-refractivity contribution in [2.24, 2.45) is 0 Å². The van der Waals surface area contributed by atoms with Crippen LogP contribution in [0.2, 0.25) is 0 Å². The summed E-state index contributed by atoms with van der Waals surface area (Å²) in [7, 11) is -1.07. The fourth-order valence-electron chi connectivity index (χ4n) is 8.26. The Hall–Kier alpha value is -6.29. The molecule has 9 aromatic rings. The van der Waals surface area contributed by atoms with Crippen LogP contribution in [-0.4, -0.2) is 17.1 Å². The molecule has 2 nitrogen and oxygen atoms in total. The molecular weight excluding hydrogens is 661 g/mol. The van der Waals surface area contributed by atoms with Crippen molar-refractivity contribution in [2.45, 2.75) is 9.79 Å². The number of nitrogens with zero attached hydrogens (tertiary/aromatic N) is 2. The van der Waals surface area contributed by atoms with Crippen LogP contribution in [0.25, 0.3) is 60.9 Å². The van der Waals surface area contributed by atoms with Crippen molar-refractivity contribution in [1.82, 2.24) is 4.57 Å². The molecule has 0 N–H and O–H groups in total. The zero-order valence-electron chi connectivity index (χ0n) is 29.8. The molecule has 3 heteroatoms. The van der Waals surface area contributed by atoms with E-state index in [1.807, 2.05) is 0 Å². The predicted molar refractivity (Wildman–Crippen MR) is 228 cm³/mol. The minimum Gasteiger partial charge on any atom is -0.310 e. The number of rotatable bonds is 6. The SMILES string of the molecule is CS1(C)c2ccccc2-c2cc(N(c3ccc(-c4ccccc4)cc3)c3ccc(-c4ccc5c(c4)c4ccccc4n5-c4ccccc4)cc3)ccc21. The number of anilines is 3. The van der Waals surface area contributed by atoms with Crippen LogP contribution >= 0.6 is 10.0 Å². The molecule has 53 heavy (non-hydrogen) atoms. The lowest BCUT2D eigenvalue weighted by Gasteiger charge is -2.29. The van der Waals surface area contributed by atoms with E-state index in [-0.39, 0.29) is 0 Å². The summed E-state index contributed by atoms with van der Waals surface area (Å²) in [6.07, 6.45) is 4.85. The summed E-state index contributed by atoms with van der Waals surface area (Å²) in [4.78, 5) is 5.33. The highest BCUT2D eigenvalue weighted by Gasteiger charge is 2.32. The van der Waals surface area contributed by atoms with Gasteiger partial charge in [0, 0.05) is 43.3 Å². The summed E-state index contributed by atoms with van der Waals surface area (Å²) in [6, 6.07) is 71.0. The Balaban J connectivity index is 1.07. The Morgan fingerprint density at radius 3 is 1.64 bits per heavy atom. The maximum Gasteiger partial charge on any atom is 0.0541 e. The number of hydrogen-bond donors (Lipinski definition) is 0. The van der Waals surface area contributed by atoms with E-state index in [0.29, 0.717) is 0 Å². The van der Waals surface area contributed by atoms with Crippen LogP contribution in [-0.2, 0) is 0 Å². The van der Waals surface area contributed by atoms with Crippen molar-refractivity contribution in [3.63, 3.8) is 0 Å². The van der Waals surface area contributed by atoms with E-state index in [0.717, 1.165) is 17.1 Å². The van der Waals surface area contributed by atoms with Crippen LogP contribution in [0.15, 0.2) is 204 Å². The normalized spacial score (nSPS) is 13.5. The maximum absolute atomic E-state index is 2.42. The van der Waals surface area contributed by atoms with Gasteiger partial charge in [0.2, 0.25) is 0 Å². The van der Waals surface area contributed by atoms with Crippen LogP contribution in [0.4, 0.5) is 17.1 Å². The average molecular weight is 699 g/mol. The Labute approximate surface area is 312 Å². The second-order valence-electron chi connectivity index (χ2n) is 14.2. The van der Waals surface area contributed by atoms with Gasteiger partial charge in [0.1, 0.15) is 0 Å². The molecule has 0 amide bonds. The molecule has 1 aliphatic rings. The quantitative estimate of drug-likeness (QED) is 0.168. The molecule has 0 fully saturated rings. The smallest absolute Gasteiger partial charge is 0.0541 e. The van der Waals surface area contributed by atoms with Crippen molar-refractivity contribution in [1.29, 1.82) is 0 Å². The number of para-hydroxylation sites is 2. The maximum atomic E-state index is 2.42. The molecule has 254 valence electrons. The van der Waals surface area contributed by atoms with Crippen LogP contribution in [0.1, 0.15) is 0 Å². The van der Waals surface area contributed by atoms with Crippen molar-refractivity contribution in [3.05, 3.63) is 194 Å². The lowest BCUT2D eigenvalue weighted by atomic mass is 10.0. The third-order valence-corrected chi connectivity index (χ3v) is 13.8. The van der Waals surface area contributed by atoms with Gasteiger partial charge in [0.15, 0.2) is 0 Å². The van der Waals surface area contributed by atoms with Crippen molar-refractivity contribution < 1.29 is 0 Å². The van der Waals surface area contributed by atoms with E-state index in [2.05, 4.69) is 216 Å².